The Kier molecular flexibility index (Phi) is 9.97. The molecule has 1 amide bonds. The first kappa shape index (κ1) is 32.2. The average molecular weight is 591 g/mol. The Labute approximate surface area is 236 Å². The molecule has 0 unspecified atom stereocenters. The second-order valence-corrected chi connectivity index (χ2v) is 10.2. The second-order valence-electron chi connectivity index (χ2n) is 10.2. The maximum absolute atomic E-state index is 13.6. The first-order valence-electron chi connectivity index (χ1n) is 13.3. The van der Waals surface area contributed by atoms with Crippen molar-refractivity contribution in [1.29, 1.82) is 0 Å². The van der Waals surface area contributed by atoms with Crippen LogP contribution in [0.5, 0.6) is 11.5 Å². The van der Waals surface area contributed by atoms with Gasteiger partial charge in [-0.2, -0.15) is 26.3 Å². The van der Waals surface area contributed by atoms with Gasteiger partial charge in [-0.3, -0.25) is 4.90 Å². The Bertz CT molecular complexity index is 1180. The van der Waals surface area contributed by atoms with Crippen molar-refractivity contribution < 1.29 is 45.3 Å². The third kappa shape index (κ3) is 7.13. The molecule has 2 aromatic carbocycles. The first-order chi connectivity index (χ1) is 19.2. The van der Waals surface area contributed by atoms with E-state index in [4.69, 9.17) is 14.2 Å². The number of rotatable bonds is 9. The van der Waals surface area contributed by atoms with Crippen molar-refractivity contribution in [2.75, 3.05) is 32.8 Å². The second kappa shape index (κ2) is 12.7. The van der Waals surface area contributed by atoms with E-state index >= 15 is 0 Å². The highest BCUT2D eigenvalue weighted by Crippen LogP contribution is 2.47. The minimum absolute atomic E-state index is 0.0663. The minimum Gasteiger partial charge on any atom is -0.493 e. The first-order valence-corrected chi connectivity index (χ1v) is 13.3. The molecule has 0 saturated heterocycles. The molecule has 1 aliphatic rings. The maximum atomic E-state index is 13.6. The molecular weight excluding hydrogens is 554 g/mol. The molecule has 0 aromatic heterocycles. The lowest BCUT2D eigenvalue weighted by Crippen LogP contribution is -2.46. The van der Waals surface area contributed by atoms with Gasteiger partial charge in [-0.05, 0) is 49.1 Å². The van der Waals surface area contributed by atoms with Gasteiger partial charge in [0.25, 0.3) is 0 Å². The topological polar surface area (TPSA) is 51.2 Å². The molecule has 1 aliphatic heterocycles. The van der Waals surface area contributed by atoms with Gasteiger partial charge in [0, 0.05) is 36.4 Å². The predicted octanol–water partition coefficient (Wildman–Crippen LogP) is 8.09. The quantitative estimate of drug-likeness (QED) is 0.277. The smallest absolute Gasteiger partial charge is 0.416 e. The average Bonchev–Trinajstić information content (AvgIpc) is 2.93. The zero-order valence-electron chi connectivity index (χ0n) is 23.9. The van der Waals surface area contributed by atoms with E-state index in [-0.39, 0.29) is 17.7 Å². The van der Waals surface area contributed by atoms with E-state index < -0.39 is 42.2 Å². The van der Waals surface area contributed by atoms with E-state index in [0.29, 0.717) is 48.1 Å². The number of benzene rings is 2. The van der Waals surface area contributed by atoms with Crippen molar-refractivity contribution in [2.24, 2.45) is 5.92 Å². The standard InChI is InChI=1S/C29H36F6N2O4/c1-7-18(8-2)15-36-17(3)9-23(22-13-25(39-4)26(40-5)14-24(22)36)37(27(38)41-6)16-19-10-20(28(30,31)32)12-21(11-19)29(33,34)35/h10-14,17-18,23H,7-9,15-16H2,1-6H3/t17-,23+/m0/s1. The molecule has 0 saturated carbocycles. The van der Waals surface area contributed by atoms with E-state index in [0.717, 1.165) is 25.6 Å². The van der Waals surface area contributed by atoms with Crippen LogP contribution in [-0.4, -0.2) is 44.9 Å². The molecule has 0 N–H and O–H groups in total. The fourth-order valence-electron chi connectivity index (χ4n) is 5.34. The molecule has 41 heavy (non-hydrogen) atoms. The molecule has 1 heterocycles. The van der Waals surface area contributed by atoms with Crippen LogP contribution in [0.1, 0.15) is 68.3 Å². The van der Waals surface area contributed by atoms with Crippen molar-refractivity contribution in [1.82, 2.24) is 4.90 Å². The fourth-order valence-corrected chi connectivity index (χ4v) is 5.34. The number of carbonyl (C=O) groups is 1. The van der Waals surface area contributed by atoms with Gasteiger partial charge in [0.05, 0.1) is 38.5 Å². The highest BCUT2D eigenvalue weighted by molar-refractivity contribution is 5.71. The summed E-state index contributed by atoms with van der Waals surface area (Å²) < 4.78 is 97.4. The molecule has 2 aromatic rings. The van der Waals surface area contributed by atoms with Crippen LogP contribution in [0.3, 0.4) is 0 Å². The summed E-state index contributed by atoms with van der Waals surface area (Å²) in [6.07, 6.45) is -8.69. The van der Waals surface area contributed by atoms with Crippen LogP contribution in [0, 0.1) is 5.92 Å². The number of alkyl halides is 6. The normalized spacial score (nSPS) is 17.3. The Morgan fingerprint density at radius 3 is 1.93 bits per heavy atom. The van der Waals surface area contributed by atoms with Crippen LogP contribution in [0.15, 0.2) is 30.3 Å². The molecule has 228 valence electrons. The molecule has 0 bridgehead atoms. The van der Waals surface area contributed by atoms with Gasteiger partial charge >= 0.3 is 18.4 Å². The lowest BCUT2D eigenvalue weighted by Gasteiger charge is -2.45. The third-order valence-electron chi connectivity index (χ3n) is 7.69. The number of hydrogen-bond acceptors (Lipinski definition) is 5. The minimum atomic E-state index is -5.02. The molecule has 0 radical (unpaired) electrons. The largest absolute Gasteiger partial charge is 0.493 e. The number of nitrogens with zero attached hydrogens (tertiary/aromatic N) is 2. The number of amides is 1. The lowest BCUT2D eigenvalue weighted by atomic mass is 9.88. The SMILES string of the molecule is CCC(CC)CN1c2cc(OC)c(OC)cc2[C@H](N(Cc2cc(C(F)(F)F)cc(C(F)(F)F)c2)C(=O)OC)C[C@@H]1C. The summed E-state index contributed by atoms with van der Waals surface area (Å²) in [6.45, 7) is 6.34. The van der Waals surface area contributed by atoms with Crippen LogP contribution in [-0.2, 0) is 23.6 Å². The lowest BCUT2D eigenvalue weighted by molar-refractivity contribution is -0.143. The van der Waals surface area contributed by atoms with Crippen molar-refractivity contribution >= 4 is 11.8 Å². The van der Waals surface area contributed by atoms with Gasteiger partial charge in [-0.1, -0.05) is 26.7 Å². The number of fused-ring (bicyclic) bond motifs is 1. The molecule has 0 fully saturated rings. The van der Waals surface area contributed by atoms with Crippen LogP contribution in [0.4, 0.5) is 36.8 Å². The highest BCUT2D eigenvalue weighted by Gasteiger charge is 2.40. The summed E-state index contributed by atoms with van der Waals surface area (Å²) in [5, 5.41) is 0. The molecule has 0 spiro atoms. The van der Waals surface area contributed by atoms with E-state index in [9.17, 15) is 31.1 Å². The van der Waals surface area contributed by atoms with Gasteiger partial charge in [-0.15, -0.1) is 0 Å². The molecular formula is C29H36F6N2O4. The highest BCUT2D eigenvalue weighted by atomic mass is 19.4. The Hall–Kier alpha value is -3.31. The van der Waals surface area contributed by atoms with E-state index in [1.54, 1.807) is 12.1 Å². The summed E-state index contributed by atoms with van der Waals surface area (Å²) in [5.41, 5.74) is -1.86. The third-order valence-corrected chi connectivity index (χ3v) is 7.69. The fraction of sp³-hybridized carbons (Fsp3) is 0.552. The van der Waals surface area contributed by atoms with Gasteiger partial charge in [0.2, 0.25) is 0 Å². The summed E-state index contributed by atoms with van der Waals surface area (Å²) in [6, 6.07) is 3.95. The molecule has 2 atom stereocenters. The molecule has 3 rings (SSSR count). The van der Waals surface area contributed by atoms with Crippen LogP contribution >= 0.6 is 0 Å². The number of halogens is 6. The Balaban J connectivity index is 2.18. The Morgan fingerprint density at radius 2 is 1.46 bits per heavy atom. The molecule has 12 heteroatoms. The summed E-state index contributed by atoms with van der Waals surface area (Å²) >= 11 is 0. The van der Waals surface area contributed by atoms with E-state index in [1.807, 2.05) is 6.92 Å². The number of anilines is 1. The summed E-state index contributed by atoms with van der Waals surface area (Å²) in [4.78, 5) is 16.5. The summed E-state index contributed by atoms with van der Waals surface area (Å²) in [7, 11) is 4.06. The summed E-state index contributed by atoms with van der Waals surface area (Å²) in [5.74, 6) is 1.19. The van der Waals surface area contributed by atoms with E-state index in [2.05, 4.69) is 18.7 Å². The van der Waals surface area contributed by atoms with E-state index in [1.165, 1.54) is 19.1 Å². The van der Waals surface area contributed by atoms with Crippen molar-refractivity contribution in [3.05, 3.63) is 52.6 Å². The predicted molar refractivity (Wildman–Crippen MR) is 142 cm³/mol. The van der Waals surface area contributed by atoms with Crippen LogP contribution < -0.4 is 14.4 Å². The van der Waals surface area contributed by atoms with Crippen molar-refractivity contribution in [3.8, 4) is 11.5 Å². The van der Waals surface area contributed by atoms with Crippen LogP contribution in [0.25, 0.3) is 0 Å². The zero-order valence-corrected chi connectivity index (χ0v) is 23.9. The molecule has 0 aliphatic carbocycles. The van der Waals surface area contributed by atoms with Gasteiger partial charge in [0.15, 0.2) is 11.5 Å². The van der Waals surface area contributed by atoms with Gasteiger partial charge in [-0.25, -0.2) is 4.79 Å². The van der Waals surface area contributed by atoms with Crippen molar-refractivity contribution in [2.45, 2.75) is 71.0 Å². The van der Waals surface area contributed by atoms with Crippen molar-refractivity contribution in [3.63, 3.8) is 0 Å². The van der Waals surface area contributed by atoms with Crippen LogP contribution in [0.2, 0.25) is 0 Å². The van der Waals surface area contributed by atoms with Gasteiger partial charge < -0.3 is 19.1 Å². The zero-order chi connectivity index (χ0) is 30.7. The number of ether oxygens (including phenoxy) is 3. The molecule has 6 nitrogen and oxygen atoms in total. The maximum Gasteiger partial charge on any atom is 0.416 e. The number of hydrogen-bond donors (Lipinski definition) is 0. The monoisotopic (exact) mass is 590 g/mol. The Morgan fingerprint density at radius 1 is 0.927 bits per heavy atom. The van der Waals surface area contributed by atoms with Gasteiger partial charge in [0.1, 0.15) is 0 Å². The number of carbonyl (C=O) groups excluding carboxylic acids is 1. The number of methoxy groups -OCH3 is 3.